The fourth-order valence-corrected chi connectivity index (χ4v) is 2.32. The van der Waals surface area contributed by atoms with Crippen LogP contribution in [0.2, 0.25) is 0 Å². The minimum absolute atomic E-state index is 0.00806. The van der Waals surface area contributed by atoms with E-state index in [-0.39, 0.29) is 17.4 Å². The number of rotatable bonds is 4. The molecule has 0 bridgehead atoms. The van der Waals surface area contributed by atoms with Crippen LogP contribution in [0.5, 0.6) is 0 Å². The Morgan fingerprint density at radius 1 is 1.56 bits per heavy atom. The smallest absolute Gasteiger partial charge is 0.252 e. The van der Waals surface area contributed by atoms with Gasteiger partial charge in [-0.3, -0.25) is 4.79 Å². The van der Waals surface area contributed by atoms with Crippen molar-refractivity contribution in [3.05, 3.63) is 22.4 Å². The topological polar surface area (TPSA) is 29.1 Å². The summed E-state index contributed by atoms with van der Waals surface area (Å²) < 4.78 is 0. The monoisotopic (exact) mass is 259 g/mol. The Labute approximate surface area is 106 Å². The Kier molecular flexibility index (Phi) is 4.81. The number of hydrogen-bond donors (Lipinski definition) is 1. The summed E-state index contributed by atoms with van der Waals surface area (Å²) in [5.41, 5.74) is 0.759. The van der Waals surface area contributed by atoms with Crippen molar-refractivity contribution in [2.45, 2.75) is 33.2 Å². The lowest BCUT2D eigenvalue weighted by Crippen LogP contribution is -2.43. The fraction of sp³-hybridized carbons (Fsp3) is 0.583. The van der Waals surface area contributed by atoms with Gasteiger partial charge in [-0.1, -0.05) is 20.8 Å². The summed E-state index contributed by atoms with van der Waals surface area (Å²) in [6.07, 6.45) is 0.793. The molecule has 0 aliphatic rings. The van der Waals surface area contributed by atoms with Crippen molar-refractivity contribution < 1.29 is 4.79 Å². The number of nitrogens with one attached hydrogen (secondary N) is 1. The van der Waals surface area contributed by atoms with Gasteiger partial charge in [-0.05, 0) is 23.3 Å². The quantitative estimate of drug-likeness (QED) is 0.824. The molecule has 90 valence electrons. The van der Waals surface area contributed by atoms with Crippen molar-refractivity contribution in [3.63, 3.8) is 0 Å². The summed E-state index contributed by atoms with van der Waals surface area (Å²) in [5.74, 6) is 0.553. The van der Waals surface area contributed by atoms with Crippen LogP contribution in [0.1, 0.15) is 37.6 Å². The molecule has 0 saturated carbocycles. The summed E-state index contributed by atoms with van der Waals surface area (Å²) in [7, 11) is 0. The normalized spacial score (nSPS) is 13.5. The van der Waals surface area contributed by atoms with Gasteiger partial charge in [-0.15, -0.1) is 11.6 Å². The maximum atomic E-state index is 11.9. The van der Waals surface area contributed by atoms with E-state index in [4.69, 9.17) is 11.6 Å². The molecule has 1 unspecified atom stereocenters. The van der Waals surface area contributed by atoms with Crippen LogP contribution in [0.3, 0.4) is 0 Å². The molecule has 4 heteroatoms. The zero-order chi connectivity index (χ0) is 12.2. The van der Waals surface area contributed by atoms with E-state index in [2.05, 4.69) is 26.1 Å². The molecule has 1 amide bonds. The first-order valence-corrected chi connectivity index (χ1v) is 6.82. The highest BCUT2D eigenvalue weighted by Crippen LogP contribution is 2.22. The van der Waals surface area contributed by atoms with Gasteiger partial charge in [0, 0.05) is 22.9 Å². The van der Waals surface area contributed by atoms with Crippen molar-refractivity contribution in [1.82, 2.24) is 5.32 Å². The molecule has 0 saturated heterocycles. The summed E-state index contributed by atoms with van der Waals surface area (Å²) in [4.78, 5) is 11.9. The SMILES string of the molecule is CC(C)(C)C(CCCl)NC(=O)c1ccsc1. The number of hydrogen-bond acceptors (Lipinski definition) is 2. The van der Waals surface area contributed by atoms with Gasteiger partial charge >= 0.3 is 0 Å². The van der Waals surface area contributed by atoms with E-state index in [1.165, 1.54) is 11.3 Å². The molecule has 16 heavy (non-hydrogen) atoms. The van der Waals surface area contributed by atoms with Crippen molar-refractivity contribution in [1.29, 1.82) is 0 Å². The third-order valence-corrected chi connectivity index (χ3v) is 3.43. The number of carbonyl (C=O) groups is 1. The number of alkyl halides is 1. The van der Waals surface area contributed by atoms with Gasteiger partial charge in [0.15, 0.2) is 0 Å². The van der Waals surface area contributed by atoms with Crippen LogP contribution in [0.4, 0.5) is 0 Å². The zero-order valence-electron chi connectivity index (χ0n) is 9.92. The predicted octanol–water partition coefficient (Wildman–Crippen LogP) is 3.52. The van der Waals surface area contributed by atoms with Crippen molar-refractivity contribution in [2.24, 2.45) is 5.41 Å². The number of halogens is 1. The first kappa shape index (κ1) is 13.5. The van der Waals surface area contributed by atoms with E-state index in [0.29, 0.717) is 5.88 Å². The lowest BCUT2D eigenvalue weighted by atomic mass is 9.85. The highest BCUT2D eigenvalue weighted by molar-refractivity contribution is 7.08. The van der Waals surface area contributed by atoms with Crippen molar-refractivity contribution >= 4 is 28.8 Å². The molecule has 1 heterocycles. The van der Waals surface area contributed by atoms with E-state index in [0.717, 1.165) is 12.0 Å². The van der Waals surface area contributed by atoms with Crippen molar-refractivity contribution in [2.75, 3.05) is 5.88 Å². The molecule has 1 aromatic heterocycles. The first-order chi connectivity index (χ1) is 7.45. The molecule has 0 fully saturated rings. The Morgan fingerprint density at radius 3 is 2.69 bits per heavy atom. The maximum absolute atomic E-state index is 11.9. The Bertz CT molecular complexity index is 329. The lowest BCUT2D eigenvalue weighted by Gasteiger charge is -2.31. The minimum Gasteiger partial charge on any atom is -0.349 e. The molecular weight excluding hydrogens is 242 g/mol. The van der Waals surface area contributed by atoms with Crippen molar-refractivity contribution in [3.8, 4) is 0 Å². The second-order valence-corrected chi connectivity index (χ2v) is 6.04. The molecule has 1 aromatic rings. The molecule has 0 aliphatic carbocycles. The Hall–Kier alpha value is -0.540. The Morgan fingerprint density at radius 2 is 2.25 bits per heavy atom. The summed E-state index contributed by atoms with van der Waals surface area (Å²) in [6.45, 7) is 6.33. The number of amides is 1. The largest absolute Gasteiger partial charge is 0.349 e. The maximum Gasteiger partial charge on any atom is 0.252 e. The first-order valence-electron chi connectivity index (χ1n) is 5.34. The molecule has 0 spiro atoms. The molecular formula is C12H18ClNOS. The lowest BCUT2D eigenvalue weighted by molar-refractivity contribution is 0.0901. The standard InChI is InChI=1S/C12H18ClNOS/c1-12(2,3)10(4-6-13)14-11(15)9-5-7-16-8-9/h5,7-8,10H,4,6H2,1-3H3,(H,14,15). The zero-order valence-corrected chi connectivity index (χ0v) is 11.5. The average Bonchev–Trinajstić information content (AvgIpc) is 2.68. The molecule has 2 nitrogen and oxygen atoms in total. The minimum atomic E-state index is -0.00806. The number of thiophene rings is 1. The highest BCUT2D eigenvalue weighted by atomic mass is 35.5. The van der Waals surface area contributed by atoms with E-state index >= 15 is 0 Å². The van der Waals surface area contributed by atoms with Crippen LogP contribution in [0.25, 0.3) is 0 Å². The van der Waals surface area contributed by atoms with Gasteiger partial charge in [0.05, 0.1) is 0 Å². The van der Waals surface area contributed by atoms with Crippen LogP contribution in [-0.2, 0) is 0 Å². The van der Waals surface area contributed by atoms with Gasteiger partial charge in [0.1, 0.15) is 0 Å². The van der Waals surface area contributed by atoms with E-state index < -0.39 is 0 Å². The average molecular weight is 260 g/mol. The van der Waals surface area contributed by atoms with Crippen LogP contribution in [-0.4, -0.2) is 17.8 Å². The summed E-state index contributed by atoms with van der Waals surface area (Å²) in [6, 6.07) is 1.94. The molecule has 1 N–H and O–H groups in total. The van der Waals surface area contributed by atoms with Gasteiger partial charge in [-0.2, -0.15) is 11.3 Å². The third-order valence-electron chi connectivity index (χ3n) is 2.53. The molecule has 1 atom stereocenters. The highest BCUT2D eigenvalue weighted by Gasteiger charge is 2.25. The molecule has 0 radical (unpaired) electrons. The van der Waals surface area contributed by atoms with Crippen LogP contribution in [0, 0.1) is 5.41 Å². The van der Waals surface area contributed by atoms with Gasteiger partial charge in [0.25, 0.3) is 5.91 Å². The van der Waals surface area contributed by atoms with Crippen LogP contribution < -0.4 is 5.32 Å². The van der Waals surface area contributed by atoms with Crippen LogP contribution >= 0.6 is 22.9 Å². The predicted molar refractivity (Wildman–Crippen MR) is 70.4 cm³/mol. The second kappa shape index (κ2) is 5.69. The van der Waals surface area contributed by atoms with E-state index in [9.17, 15) is 4.79 Å². The fourth-order valence-electron chi connectivity index (χ4n) is 1.47. The van der Waals surface area contributed by atoms with Gasteiger partial charge in [-0.25, -0.2) is 0 Å². The molecule has 0 aliphatic heterocycles. The number of carbonyl (C=O) groups excluding carboxylic acids is 1. The van der Waals surface area contributed by atoms with Crippen LogP contribution in [0.15, 0.2) is 16.8 Å². The molecule has 0 aromatic carbocycles. The van der Waals surface area contributed by atoms with E-state index in [1.807, 2.05) is 16.8 Å². The third kappa shape index (κ3) is 3.80. The summed E-state index contributed by atoms with van der Waals surface area (Å²) in [5, 5.41) is 6.81. The van der Waals surface area contributed by atoms with Gasteiger partial charge in [0.2, 0.25) is 0 Å². The second-order valence-electron chi connectivity index (χ2n) is 4.88. The Balaban J connectivity index is 2.66. The van der Waals surface area contributed by atoms with Gasteiger partial charge < -0.3 is 5.32 Å². The molecule has 1 rings (SSSR count). The summed E-state index contributed by atoms with van der Waals surface area (Å²) >= 11 is 7.29. The van der Waals surface area contributed by atoms with E-state index in [1.54, 1.807) is 0 Å².